The Morgan fingerprint density at radius 3 is 2.45 bits per heavy atom. The number of sulfonamides is 1. The predicted molar refractivity (Wildman–Crippen MR) is 88.0 cm³/mol. The average Bonchev–Trinajstić information content (AvgIpc) is 2.85. The maximum atomic E-state index is 12.3. The van der Waals surface area contributed by atoms with Gasteiger partial charge < -0.3 is 10.3 Å². The predicted octanol–water partition coefficient (Wildman–Crippen LogP) is 2.37. The van der Waals surface area contributed by atoms with Gasteiger partial charge in [0.25, 0.3) is 10.0 Å². The van der Waals surface area contributed by atoms with Crippen molar-refractivity contribution < 1.29 is 8.42 Å². The first-order valence-corrected chi connectivity index (χ1v) is 8.70. The third-order valence-corrected chi connectivity index (χ3v) is 4.98. The summed E-state index contributed by atoms with van der Waals surface area (Å²) in [6.07, 6.45) is 1.61. The van der Waals surface area contributed by atoms with Gasteiger partial charge in [-0.2, -0.15) is 0 Å². The van der Waals surface area contributed by atoms with Crippen molar-refractivity contribution in [2.75, 3.05) is 4.72 Å². The summed E-state index contributed by atoms with van der Waals surface area (Å²) in [6, 6.07) is 8.78. The number of nitrogens with zero attached hydrogens (tertiary/aromatic N) is 1. The number of rotatable bonds is 5. The van der Waals surface area contributed by atoms with Crippen LogP contribution in [0.25, 0.3) is 0 Å². The molecule has 2 aromatic rings. The molecular formula is C13H16IN3O2S. The maximum Gasteiger partial charge on any atom is 0.263 e. The molecule has 0 aliphatic carbocycles. The highest BCUT2D eigenvalue weighted by molar-refractivity contribution is 14.1. The Morgan fingerprint density at radius 1 is 1.30 bits per heavy atom. The van der Waals surface area contributed by atoms with Gasteiger partial charge in [-0.1, -0.05) is 0 Å². The van der Waals surface area contributed by atoms with Crippen LogP contribution in [0, 0.1) is 3.57 Å². The minimum atomic E-state index is -3.58. The van der Waals surface area contributed by atoms with Crippen LogP contribution in [0.15, 0.2) is 41.4 Å². The molecule has 108 valence electrons. The fraction of sp³-hybridized carbons (Fsp3) is 0.231. The van der Waals surface area contributed by atoms with Crippen molar-refractivity contribution in [3.05, 3.63) is 45.8 Å². The fourth-order valence-corrected chi connectivity index (χ4v) is 3.35. The first-order valence-electron chi connectivity index (χ1n) is 6.13. The molecule has 0 saturated carbocycles. The van der Waals surface area contributed by atoms with Crippen LogP contribution >= 0.6 is 22.6 Å². The van der Waals surface area contributed by atoms with Crippen LogP contribution in [0.4, 0.5) is 5.69 Å². The number of nitrogens with one attached hydrogen (secondary N) is 1. The molecule has 1 heterocycles. The van der Waals surface area contributed by atoms with Crippen LogP contribution in [-0.2, 0) is 23.1 Å². The molecule has 2 rings (SSSR count). The number of hydrogen-bond acceptors (Lipinski definition) is 3. The van der Waals surface area contributed by atoms with E-state index in [0.29, 0.717) is 18.8 Å². The molecule has 0 aliphatic rings. The molecule has 0 aliphatic heterocycles. The maximum absolute atomic E-state index is 12.3. The molecule has 0 radical (unpaired) electrons. The van der Waals surface area contributed by atoms with Crippen LogP contribution < -0.4 is 10.5 Å². The summed E-state index contributed by atoms with van der Waals surface area (Å²) in [5, 5.41) is 0. The molecule has 20 heavy (non-hydrogen) atoms. The summed E-state index contributed by atoms with van der Waals surface area (Å²) in [6.45, 7) is 2.95. The minimum Gasteiger partial charge on any atom is -0.349 e. The van der Waals surface area contributed by atoms with E-state index in [1.54, 1.807) is 24.4 Å². The van der Waals surface area contributed by atoms with Gasteiger partial charge in [0.2, 0.25) is 0 Å². The second kappa shape index (κ2) is 6.15. The number of halogens is 1. The number of nitrogens with two attached hydrogens (primary N) is 1. The van der Waals surface area contributed by atoms with E-state index < -0.39 is 10.0 Å². The molecule has 1 aromatic heterocycles. The van der Waals surface area contributed by atoms with E-state index in [0.717, 1.165) is 9.26 Å². The van der Waals surface area contributed by atoms with E-state index in [2.05, 4.69) is 27.3 Å². The Hall–Kier alpha value is -1.06. The Bertz CT molecular complexity index is 671. The van der Waals surface area contributed by atoms with Gasteiger partial charge in [0.15, 0.2) is 0 Å². The van der Waals surface area contributed by atoms with Crippen LogP contribution in [0.2, 0.25) is 0 Å². The molecule has 3 N–H and O–H groups in total. The Kier molecular flexibility index (Phi) is 4.71. The first kappa shape index (κ1) is 15.3. The molecule has 0 fully saturated rings. The minimum absolute atomic E-state index is 0.235. The number of benzene rings is 1. The van der Waals surface area contributed by atoms with Gasteiger partial charge in [-0.05, 0) is 59.8 Å². The van der Waals surface area contributed by atoms with Crippen molar-refractivity contribution in [3.63, 3.8) is 0 Å². The summed E-state index contributed by atoms with van der Waals surface area (Å²) in [5.74, 6) is 0. The molecule has 7 heteroatoms. The van der Waals surface area contributed by atoms with Gasteiger partial charge in [-0.25, -0.2) is 8.42 Å². The zero-order valence-electron chi connectivity index (χ0n) is 11.0. The van der Waals surface area contributed by atoms with E-state index in [4.69, 9.17) is 5.73 Å². The van der Waals surface area contributed by atoms with Crippen LogP contribution in [0.5, 0.6) is 0 Å². The third kappa shape index (κ3) is 3.33. The van der Waals surface area contributed by atoms with Crippen LogP contribution in [0.3, 0.4) is 0 Å². The summed E-state index contributed by atoms with van der Waals surface area (Å²) in [4.78, 5) is 0.235. The molecule has 1 aromatic carbocycles. The topological polar surface area (TPSA) is 77.1 Å². The van der Waals surface area contributed by atoms with Crippen molar-refractivity contribution in [1.29, 1.82) is 0 Å². The van der Waals surface area contributed by atoms with E-state index in [-0.39, 0.29) is 4.90 Å². The third-order valence-electron chi connectivity index (χ3n) is 2.92. The standard InChI is InChI=1S/C13H16IN3O2S/c1-2-17-9-13(7-12(17)8-15)20(18,19)16-11-5-3-10(14)4-6-11/h3-7,9,16H,2,8,15H2,1H3. The second-order valence-electron chi connectivity index (χ2n) is 4.27. The Balaban J connectivity index is 2.30. The van der Waals surface area contributed by atoms with Crippen molar-refractivity contribution in [2.24, 2.45) is 5.73 Å². The van der Waals surface area contributed by atoms with Gasteiger partial charge in [0, 0.05) is 34.2 Å². The SMILES string of the molecule is CCn1cc(S(=O)(=O)Nc2ccc(I)cc2)cc1CN. The van der Waals surface area contributed by atoms with E-state index in [1.807, 2.05) is 23.6 Å². The van der Waals surface area contributed by atoms with Gasteiger partial charge in [-0.15, -0.1) is 0 Å². The number of aromatic nitrogens is 1. The average molecular weight is 405 g/mol. The number of aryl methyl sites for hydroxylation is 1. The number of hydrogen-bond donors (Lipinski definition) is 2. The van der Waals surface area contributed by atoms with E-state index in [1.165, 1.54) is 0 Å². The normalized spacial score (nSPS) is 11.6. The zero-order chi connectivity index (χ0) is 14.8. The highest BCUT2D eigenvalue weighted by Crippen LogP contribution is 2.19. The van der Waals surface area contributed by atoms with E-state index >= 15 is 0 Å². The smallest absolute Gasteiger partial charge is 0.263 e. The molecule has 0 atom stereocenters. The van der Waals surface area contributed by atoms with Gasteiger partial charge in [-0.3, -0.25) is 4.72 Å². The first-order chi connectivity index (χ1) is 9.46. The molecular weight excluding hydrogens is 389 g/mol. The van der Waals surface area contributed by atoms with Crippen molar-refractivity contribution in [2.45, 2.75) is 24.9 Å². The lowest BCUT2D eigenvalue weighted by atomic mass is 10.3. The van der Waals surface area contributed by atoms with Crippen LogP contribution in [-0.4, -0.2) is 13.0 Å². The molecule has 0 spiro atoms. The summed E-state index contributed by atoms with van der Waals surface area (Å²) >= 11 is 2.17. The van der Waals surface area contributed by atoms with Crippen molar-refractivity contribution >= 4 is 38.3 Å². The quantitative estimate of drug-likeness (QED) is 0.750. The molecule has 0 saturated heterocycles. The lowest BCUT2D eigenvalue weighted by Gasteiger charge is -2.06. The Morgan fingerprint density at radius 2 is 1.95 bits per heavy atom. The van der Waals surface area contributed by atoms with E-state index in [9.17, 15) is 8.42 Å². The summed E-state index contributed by atoms with van der Waals surface area (Å²) < 4.78 is 30.1. The van der Waals surface area contributed by atoms with Crippen LogP contribution in [0.1, 0.15) is 12.6 Å². The highest BCUT2D eigenvalue weighted by Gasteiger charge is 2.17. The second-order valence-corrected chi connectivity index (χ2v) is 7.20. The zero-order valence-corrected chi connectivity index (χ0v) is 14.0. The summed E-state index contributed by atoms with van der Waals surface area (Å²) in [5.41, 5.74) is 6.96. The molecule has 0 bridgehead atoms. The largest absolute Gasteiger partial charge is 0.349 e. The van der Waals surface area contributed by atoms with Gasteiger partial charge in [0.05, 0.1) is 0 Å². The lowest BCUT2D eigenvalue weighted by molar-refractivity contribution is 0.600. The molecule has 5 nitrogen and oxygen atoms in total. The van der Waals surface area contributed by atoms with Gasteiger partial charge in [0.1, 0.15) is 4.90 Å². The van der Waals surface area contributed by atoms with Crippen molar-refractivity contribution in [3.8, 4) is 0 Å². The Labute approximate surface area is 132 Å². The number of anilines is 1. The lowest BCUT2D eigenvalue weighted by Crippen LogP contribution is -2.12. The molecule has 0 amide bonds. The fourth-order valence-electron chi connectivity index (χ4n) is 1.87. The highest BCUT2D eigenvalue weighted by atomic mass is 127. The van der Waals surface area contributed by atoms with Crippen molar-refractivity contribution in [1.82, 2.24) is 4.57 Å². The summed E-state index contributed by atoms with van der Waals surface area (Å²) in [7, 11) is -3.58. The van der Waals surface area contributed by atoms with Gasteiger partial charge >= 0.3 is 0 Å². The monoisotopic (exact) mass is 405 g/mol. The molecule has 0 unspecified atom stereocenters.